The standard InChI is InChI=1S/C19H21N3O3/c1-25-13-3-7-19(24)8-11-21(12-9-19)18-20-15-5-2-4-14-16(23)6-10-22(18)17(14)15/h2,4-5,24H,6,8-13H2,1H3. The SMILES string of the molecule is COCC#CC1(O)CCN(c2nc3cccc4c3n2CCC4=O)CC1. The van der Waals surface area contributed by atoms with Gasteiger partial charge >= 0.3 is 0 Å². The molecule has 1 fully saturated rings. The second-order valence-corrected chi connectivity index (χ2v) is 6.66. The van der Waals surface area contributed by atoms with Gasteiger partial charge in [-0.1, -0.05) is 17.9 Å². The van der Waals surface area contributed by atoms with E-state index in [2.05, 4.69) is 21.3 Å². The zero-order valence-electron chi connectivity index (χ0n) is 14.3. The Morgan fingerprint density at radius 1 is 1.32 bits per heavy atom. The number of aromatic nitrogens is 2. The van der Waals surface area contributed by atoms with Gasteiger partial charge in [-0.2, -0.15) is 0 Å². The molecule has 2 aliphatic rings. The van der Waals surface area contributed by atoms with Crippen molar-refractivity contribution in [3.63, 3.8) is 0 Å². The number of benzene rings is 1. The fourth-order valence-electron chi connectivity index (χ4n) is 3.67. The number of methoxy groups -OCH3 is 1. The molecule has 4 rings (SSSR count). The highest BCUT2D eigenvalue weighted by molar-refractivity contribution is 6.08. The van der Waals surface area contributed by atoms with Crippen molar-refractivity contribution in [2.75, 3.05) is 31.7 Å². The Bertz CT molecular complexity index is 882. The van der Waals surface area contributed by atoms with Crippen LogP contribution in [0.25, 0.3) is 11.0 Å². The third-order valence-corrected chi connectivity index (χ3v) is 5.02. The fraction of sp³-hybridized carbons (Fsp3) is 0.474. The molecule has 1 saturated heterocycles. The minimum atomic E-state index is -0.954. The first kappa shape index (κ1) is 16.1. The van der Waals surface area contributed by atoms with Gasteiger partial charge in [-0.15, -0.1) is 0 Å². The summed E-state index contributed by atoms with van der Waals surface area (Å²) in [5, 5.41) is 10.6. The second-order valence-electron chi connectivity index (χ2n) is 6.66. The van der Waals surface area contributed by atoms with Gasteiger partial charge < -0.3 is 19.3 Å². The molecule has 0 spiro atoms. The number of carbonyl (C=O) groups excluding carboxylic acids is 1. The molecule has 6 heteroatoms. The number of aryl methyl sites for hydroxylation is 1. The van der Waals surface area contributed by atoms with Crippen molar-refractivity contribution in [1.29, 1.82) is 0 Å². The molecule has 0 atom stereocenters. The molecule has 1 N–H and O–H groups in total. The topological polar surface area (TPSA) is 67.6 Å². The zero-order valence-corrected chi connectivity index (χ0v) is 14.3. The highest BCUT2D eigenvalue weighted by Gasteiger charge is 2.33. The predicted octanol–water partition coefficient (Wildman–Crippen LogP) is 1.60. The molecule has 2 aliphatic heterocycles. The number of aliphatic hydroxyl groups is 1. The van der Waals surface area contributed by atoms with Crippen LogP contribution < -0.4 is 4.90 Å². The van der Waals surface area contributed by atoms with Gasteiger partial charge in [0.05, 0.1) is 11.0 Å². The Morgan fingerprint density at radius 2 is 2.12 bits per heavy atom. The molecular weight excluding hydrogens is 318 g/mol. The van der Waals surface area contributed by atoms with Gasteiger partial charge in [0, 0.05) is 51.6 Å². The quantitative estimate of drug-likeness (QED) is 0.842. The molecule has 0 unspecified atom stereocenters. The lowest BCUT2D eigenvalue weighted by Crippen LogP contribution is -2.44. The van der Waals surface area contributed by atoms with Gasteiger partial charge in [-0.25, -0.2) is 4.98 Å². The van der Waals surface area contributed by atoms with Crippen molar-refractivity contribution < 1.29 is 14.6 Å². The number of carbonyl (C=O) groups is 1. The average Bonchev–Trinajstić information content (AvgIpc) is 2.99. The normalized spacial score (nSPS) is 19.0. The lowest BCUT2D eigenvalue weighted by atomic mass is 9.92. The smallest absolute Gasteiger partial charge is 0.206 e. The van der Waals surface area contributed by atoms with Crippen LogP contribution in [0, 0.1) is 11.8 Å². The van der Waals surface area contributed by atoms with E-state index in [0.717, 1.165) is 22.5 Å². The maximum Gasteiger partial charge on any atom is 0.206 e. The maximum atomic E-state index is 12.2. The molecule has 1 aromatic heterocycles. The van der Waals surface area contributed by atoms with Crippen molar-refractivity contribution in [1.82, 2.24) is 9.55 Å². The summed E-state index contributed by atoms with van der Waals surface area (Å²) >= 11 is 0. The van der Waals surface area contributed by atoms with Crippen molar-refractivity contribution >= 4 is 22.8 Å². The van der Waals surface area contributed by atoms with Gasteiger partial charge in [-0.05, 0) is 12.1 Å². The van der Waals surface area contributed by atoms with Crippen LogP contribution in [0.4, 0.5) is 5.95 Å². The molecule has 0 aliphatic carbocycles. The minimum absolute atomic E-state index is 0.186. The lowest BCUT2D eigenvalue weighted by molar-refractivity contribution is 0.0738. The average molecular weight is 339 g/mol. The third-order valence-electron chi connectivity index (χ3n) is 5.02. The molecule has 1 aromatic carbocycles. The Labute approximate surface area is 146 Å². The van der Waals surface area contributed by atoms with Crippen LogP contribution in [-0.4, -0.2) is 52.8 Å². The van der Waals surface area contributed by atoms with Crippen LogP contribution in [0.15, 0.2) is 18.2 Å². The maximum absolute atomic E-state index is 12.2. The van der Waals surface area contributed by atoms with E-state index in [1.807, 2.05) is 18.2 Å². The minimum Gasteiger partial charge on any atom is -0.377 e. The summed E-state index contributed by atoms with van der Waals surface area (Å²) in [6.45, 7) is 2.37. The highest BCUT2D eigenvalue weighted by atomic mass is 16.5. The van der Waals surface area contributed by atoms with E-state index >= 15 is 0 Å². The Kier molecular flexibility index (Phi) is 3.98. The van der Waals surface area contributed by atoms with Crippen LogP contribution in [-0.2, 0) is 11.3 Å². The summed E-state index contributed by atoms with van der Waals surface area (Å²) in [7, 11) is 1.59. The van der Waals surface area contributed by atoms with E-state index in [1.165, 1.54) is 0 Å². The molecule has 25 heavy (non-hydrogen) atoms. The molecular formula is C19H21N3O3. The number of hydrogen-bond acceptors (Lipinski definition) is 5. The number of Topliss-reactive ketones (excluding diaryl/α,β-unsaturated/α-hetero) is 1. The Balaban J connectivity index is 1.61. The van der Waals surface area contributed by atoms with Crippen molar-refractivity contribution in [2.24, 2.45) is 0 Å². The number of piperidine rings is 1. The number of rotatable bonds is 2. The number of imidazole rings is 1. The highest BCUT2D eigenvalue weighted by Crippen LogP contribution is 2.32. The number of nitrogens with zero attached hydrogens (tertiary/aromatic N) is 3. The van der Waals surface area contributed by atoms with E-state index in [9.17, 15) is 9.90 Å². The molecule has 6 nitrogen and oxygen atoms in total. The van der Waals surface area contributed by atoms with E-state index in [0.29, 0.717) is 45.5 Å². The third kappa shape index (κ3) is 2.80. The summed E-state index contributed by atoms with van der Waals surface area (Å²) in [4.78, 5) is 19.1. The molecule has 0 bridgehead atoms. The first-order chi connectivity index (χ1) is 12.1. The Morgan fingerprint density at radius 3 is 2.88 bits per heavy atom. The molecule has 0 saturated carbocycles. The molecule has 0 amide bonds. The second kappa shape index (κ2) is 6.17. The summed E-state index contributed by atoms with van der Waals surface area (Å²) in [5.74, 6) is 6.88. The zero-order chi connectivity index (χ0) is 17.4. The van der Waals surface area contributed by atoms with E-state index < -0.39 is 5.60 Å². The van der Waals surface area contributed by atoms with Crippen LogP contribution in [0.5, 0.6) is 0 Å². The van der Waals surface area contributed by atoms with Gasteiger partial charge in [0.25, 0.3) is 0 Å². The largest absolute Gasteiger partial charge is 0.377 e. The summed E-state index contributed by atoms with van der Waals surface area (Å²) in [6, 6.07) is 5.72. The predicted molar refractivity (Wildman–Crippen MR) is 94.7 cm³/mol. The number of anilines is 1. The van der Waals surface area contributed by atoms with E-state index in [-0.39, 0.29) is 5.78 Å². The van der Waals surface area contributed by atoms with Crippen molar-refractivity contribution in [3.05, 3.63) is 23.8 Å². The summed E-state index contributed by atoms with van der Waals surface area (Å²) in [5.41, 5.74) is 1.61. The van der Waals surface area contributed by atoms with Gasteiger partial charge in [0.15, 0.2) is 5.78 Å². The van der Waals surface area contributed by atoms with Crippen LogP contribution in [0.2, 0.25) is 0 Å². The van der Waals surface area contributed by atoms with Gasteiger partial charge in [0.1, 0.15) is 12.2 Å². The first-order valence-corrected chi connectivity index (χ1v) is 8.60. The van der Waals surface area contributed by atoms with E-state index in [1.54, 1.807) is 7.11 Å². The van der Waals surface area contributed by atoms with Crippen LogP contribution in [0.3, 0.4) is 0 Å². The molecule has 0 radical (unpaired) electrons. The Hall–Kier alpha value is -2.36. The number of hydrogen-bond donors (Lipinski definition) is 1. The number of para-hydroxylation sites is 1. The van der Waals surface area contributed by atoms with Gasteiger partial charge in [-0.3, -0.25) is 4.79 Å². The van der Waals surface area contributed by atoms with Crippen molar-refractivity contribution in [3.8, 4) is 11.8 Å². The summed E-state index contributed by atoms with van der Waals surface area (Å²) < 4.78 is 7.07. The van der Waals surface area contributed by atoms with Gasteiger partial charge in [0.2, 0.25) is 5.95 Å². The number of ketones is 1. The monoisotopic (exact) mass is 339 g/mol. The molecule has 3 heterocycles. The molecule has 2 aromatic rings. The van der Waals surface area contributed by atoms with Crippen molar-refractivity contribution in [2.45, 2.75) is 31.4 Å². The van der Waals surface area contributed by atoms with Crippen LogP contribution >= 0.6 is 0 Å². The first-order valence-electron chi connectivity index (χ1n) is 8.60. The van der Waals surface area contributed by atoms with E-state index in [4.69, 9.17) is 9.72 Å². The fourth-order valence-corrected chi connectivity index (χ4v) is 3.67. The number of ether oxygens (including phenoxy) is 1. The summed E-state index contributed by atoms with van der Waals surface area (Å²) in [6.07, 6.45) is 1.65. The lowest BCUT2D eigenvalue weighted by Gasteiger charge is -2.36. The molecule has 130 valence electrons. The van der Waals surface area contributed by atoms with Crippen LogP contribution in [0.1, 0.15) is 29.6 Å².